The number of carbonyl (C=O) groups is 1. The lowest BCUT2D eigenvalue weighted by molar-refractivity contribution is 0.0695. The SMILES string of the molecule is CCOC(C)CNCCOc1cccc(C(=O)O)c1. The van der Waals surface area contributed by atoms with Crippen molar-refractivity contribution in [3.8, 4) is 5.75 Å². The molecular weight excluding hydrogens is 246 g/mol. The van der Waals surface area contributed by atoms with Crippen LogP contribution in [0.2, 0.25) is 0 Å². The third-order valence-electron chi connectivity index (χ3n) is 2.51. The third-order valence-corrected chi connectivity index (χ3v) is 2.51. The predicted octanol–water partition coefficient (Wildman–Crippen LogP) is 1.78. The highest BCUT2D eigenvalue weighted by molar-refractivity contribution is 5.87. The standard InChI is InChI=1S/C14H21NO4/c1-3-18-11(2)10-15-7-8-19-13-6-4-5-12(9-13)14(16)17/h4-6,9,11,15H,3,7-8,10H2,1-2H3,(H,16,17). The Morgan fingerprint density at radius 2 is 2.26 bits per heavy atom. The average Bonchev–Trinajstić information content (AvgIpc) is 2.39. The van der Waals surface area contributed by atoms with Gasteiger partial charge in [0, 0.05) is 19.7 Å². The van der Waals surface area contributed by atoms with Crippen LogP contribution in [0.4, 0.5) is 0 Å². The zero-order chi connectivity index (χ0) is 14.1. The number of carboxylic acid groups (broad SMARTS) is 1. The summed E-state index contributed by atoms with van der Waals surface area (Å²) in [6, 6.07) is 6.47. The lowest BCUT2D eigenvalue weighted by atomic mass is 10.2. The molecule has 106 valence electrons. The number of nitrogens with one attached hydrogen (secondary N) is 1. The van der Waals surface area contributed by atoms with E-state index in [0.717, 1.165) is 6.54 Å². The zero-order valence-corrected chi connectivity index (χ0v) is 11.4. The number of carboxylic acids is 1. The molecule has 0 fully saturated rings. The monoisotopic (exact) mass is 267 g/mol. The molecule has 0 saturated heterocycles. The van der Waals surface area contributed by atoms with E-state index >= 15 is 0 Å². The van der Waals surface area contributed by atoms with Gasteiger partial charge in [0.25, 0.3) is 0 Å². The van der Waals surface area contributed by atoms with Gasteiger partial charge in [-0.05, 0) is 32.0 Å². The van der Waals surface area contributed by atoms with E-state index in [2.05, 4.69) is 5.32 Å². The predicted molar refractivity (Wildman–Crippen MR) is 72.9 cm³/mol. The van der Waals surface area contributed by atoms with E-state index in [1.165, 1.54) is 12.1 Å². The molecule has 2 N–H and O–H groups in total. The Hall–Kier alpha value is -1.59. The van der Waals surface area contributed by atoms with E-state index in [9.17, 15) is 4.79 Å². The molecule has 0 bridgehead atoms. The molecular formula is C14H21NO4. The Morgan fingerprint density at radius 1 is 1.47 bits per heavy atom. The average molecular weight is 267 g/mol. The normalized spacial score (nSPS) is 12.1. The van der Waals surface area contributed by atoms with Gasteiger partial charge < -0.3 is 19.9 Å². The Morgan fingerprint density at radius 3 is 2.95 bits per heavy atom. The van der Waals surface area contributed by atoms with Crippen LogP contribution in [0.15, 0.2) is 24.3 Å². The quantitative estimate of drug-likeness (QED) is 0.667. The molecule has 0 aliphatic rings. The second-order valence-electron chi connectivity index (χ2n) is 4.15. The molecule has 5 heteroatoms. The number of rotatable bonds is 9. The summed E-state index contributed by atoms with van der Waals surface area (Å²) in [6.07, 6.45) is 0.181. The second-order valence-corrected chi connectivity index (χ2v) is 4.15. The van der Waals surface area contributed by atoms with Crippen molar-refractivity contribution in [1.29, 1.82) is 0 Å². The molecule has 5 nitrogen and oxygen atoms in total. The summed E-state index contributed by atoms with van der Waals surface area (Å²) in [5.41, 5.74) is 0.232. The van der Waals surface area contributed by atoms with E-state index < -0.39 is 5.97 Å². The van der Waals surface area contributed by atoms with Gasteiger partial charge in [0.05, 0.1) is 11.7 Å². The number of benzene rings is 1. The fourth-order valence-electron chi connectivity index (χ4n) is 1.61. The molecule has 0 amide bonds. The second kappa shape index (κ2) is 8.50. The summed E-state index contributed by atoms with van der Waals surface area (Å²) >= 11 is 0. The van der Waals surface area contributed by atoms with E-state index in [4.69, 9.17) is 14.6 Å². The van der Waals surface area contributed by atoms with Gasteiger partial charge in [0.1, 0.15) is 12.4 Å². The van der Waals surface area contributed by atoms with Crippen molar-refractivity contribution in [3.05, 3.63) is 29.8 Å². The fourth-order valence-corrected chi connectivity index (χ4v) is 1.61. The Bertz CT molecular complexity index is 395. The highest BCUT2D eigenvalue weighted by Gasteiger charge is 2.04. The first-order valence-electron chi connectivity index (χ1n) is 6.42. The van der Waals surface area contributed by atoms with Gasteiger partial charge in [-0.15, -0.1) is 0 Å². The van der Waals surface area contributed by atoms with E-state index in [1.54, 1.807) is 12.1 Å². The lowest BCUT2D eigenvalue weighted by Gasteiger charge is -2.13. The highest BCUT2D eigenvalue weighted by atomic mass is 16.5. The summed E-state index contributed by atoms with van der Waals surface area (Å²) in [6.45, 7) is 6.63. The van der Waals surface area contributed by atoms with Gasteiger partial charge in [-0.3, -0.25) is 0 Å². The number of hydrogen-bond donors (Lipinski definition) is 2. The summed E-state index contributed by atoms with van der Waals surface area (Å²) < 4.78 is 10.9. The molecule has 0 aliphatic heterocycles. The minimum absolute atomic E-state index is 0.181. The first-order valence-corrected chi connectivity index (χ1v) is 6.42. The maximum absolute atomic E-state index is 10.8. The van der Waals surface area contributed by atoms with E-state index in [0.29, 0.717) is 25.5 Å². The molecule has 0 radical (unpaired) electrons. The van der Waals surface area contributed by atoms with Gasteiger partial charge in [-0.2, -0.15) is 0 Å². The van der Waals surface area contributed by atoms with Crippen LogP contribution in [0.3, 0.4) is 0 Å². The first-order chi connectivity index (χ1) is 9.13. The molecule has 0 saturated carbocycles. The topological polar surface area (TPSA) is 67.8 Å². The van der Waals surface area contributed by atoms with Gasteiger partial charge in [0.2, 0.25) is 0 Å². The van der Waals surface area contributed by atoms with Crippen molar-refractivity contribution in [2.45, 2.75) is 20.0 Å². The van der Waals surface area contributed by atoms with Crippen molar-refractivity contribution < 1.29 is 19.4 Å². The van der Waals surface area contributed by atoms with Gasteiger partial charge in [-0.1, -0.05) is 6.07 Å². The van der Waals surface area contributed by atoms with Crippen LogP contribution in [0.1, 0.15) is 24.2 Å². The van der Waals surface area contributed by atoms with Crippen LogP contribution in [0, 0.1) is 0 Å². The van der Waals surface area contributed by atoms with Crippen LogP contribution in [-0.2, 0) is 4.74 Å². The van der Waals surface area contributed by atoms with Crippen LogP contribution >= 0.6 is 0 Å². The summed E-state index contributed by atoms with van der Waals surface area (Å²) in [4.78, 5) is 10.8. The van der Waals surface area contributed by atoms with Crippen molar-refractivity contribution >= 4 is 5.97 Å². The number of aromatic carboxylic acids is 1. The minimum atomic E-state index is -0.950. The number of hydrogen-bond acceptors (Lipinski definition) is 4. The minimum Gasteiger partial charge on any atom is -0.492 e. The fraction of sp³-hybridized carbons (Fsp3) is 0.500. The van der Waals surface area contributed by atoms with Crippen LogP contribution < -0.4 is 10.1 Å². The zero-order valence-electron chi connectivity index (χ0n) is 11.4. The van der Waals surface area contributed by atoms with Crippen LogP contribution in [0.25, 0.3) is 0 Å². The molecule has 0 aliphatic carbocycles. The maximum Gasteiger partial charge on any atom is 0.335 e. The Balaban J connectivity index is 2.22. The third kappa shape index (κ3) is 6.22. The molecule has 1 aromatic carbocycles. The molecule has 19 heavy (non-hydrogen) atoms. The van der Waals surface area contributed by atoms with Crippen LogP contribution in [0.5, 0.6) is 5.75 Å². The van der Waals surface area contributed by atoms with Crippen molar-refractivity contribution in [1.82, 2.24) is 5.32 Å². The number of ether oxygens (including phenoxy) is 2. The molecule has 1 atom stereocenters. The molecule has 0 spiro atoms. The van der Waals surface area contributed by atoms with E-state index in [-0.39, 0.29) is 11.7 Å². The summed E-state index contributed by atoms with van der Waals surface area (Å²) in [7, 11) is 0. The van der Waals surface area contributed by atoms with Crippen molar-refractivity contribution in [3.63, 3.8) is 0 Å². The lowest BCUT2D eigenvalue weighted by Crippen LogP contribution is -2.30. The molecule has 1 aromatic rings. The molecule has 0 aromatic heterocycles. The summed E-state index contributed by atoms with van der Waals surface area (Å²) in [5, 5.41) is 12.1. The van der Waals surface area contributed by atoms with Gasteiger partial charge in [-0.25, -0.2) is 4.79 Å². The maximum atomic E-state index is 10.8. The first kappa shape index (κ1) is 15.5. The van der Waals surface area contributed by atoms with Gasteiger partial charge in [0.15, 0.2) is 0 Å². The summed E-state index contributed by atoms with van der Waals surface area (Å²) in [5.74, 6) is -0.381. The highest BCUT2D eigenvalue weighted by Crippen LogP contribution is 2.12. The largest absolute Gasteiger partial charge is 0.492 e. The van der Waals surface area contributed by atoms with Gasteiger partial charge >= 0.3 is 5.97 Å². The molecule has 1 unspecified atom stereocenters. The Kier molecular flexibility index (Phi) is 6.92. The van der Waals surface area contributed by atoms with Crippen molar-refractivity contribution in [2.24, 2.45) is 0 Å². The molecule has 0 heterocycles. The Labute approximate surface area is 113 Å². The van der Waals surface area contributed by atoms with Crippen LogP contribution in [-0.4, -0.2) is 43.5 Å². The van der Waals surface area contributed by atoms with E-state index in [1.807, 2.05) is 13.8 Å². The van der Waals surface area contributed by atoms with Crippen molar-refractivity contribution in [2.75, 3.05) is 26.3 Å². The smallest absolute Gasteiger partial charge is 0.335 e. The molecule has 1 rings (SSSR count).